The summed E-state index contributed by atoms with van der Waals surface area (Å²) in [4.78, 5) is 11.2. The molecule has 0 aliphatic heterocycles. The summed E-state index contributed by atoms with van der Waals surface area (Å²) in [5.41, 5.74) is 2.18. The molecule has 1 nitrogen and oxygen atoms in total. The molecule has 0 bridgehead atoms. The molecule has 1 aliphatic rings. The first-order chi connectivity index (χ1) is 6.81. The van der Waals surface area contributed by atoms with Crippen molar-refractivity contribution in [3.05, 3.63) is 60.2 Å². The Hall–Kier alpha value is -1.63. The molecule has 0 radical (unpaired) electrons. The summed E-state index contributed by atoms with van der Waals surface area (Å²) < 4.78 is 0. The summed E-state index contributed by atoms with van der Waals surface area (Å²) >= 11 is 0. The zero-order valence-corrected chi connectivity index (χ0v) is 7.94. The average Bonchev–Trinajstić information content (AvgIpc) is 2.17. The molecular formula is C13H12O. The number of carbonyl (C=O) groups excluding carboxylic acids is 1. The predicted octanol–water partition coefficient (Wildman–Crippen LogP) is 2.86. The van der Waals surface area contributed by atoms with Gasteiger partial charge in [-0.05, 0) is 23.6 Å². The highest BCUT2D eigenvalue weighted by Gasteiger charge is 2.23. The van der Waals surface area contributed by atoms with Crippen molar-refractivity contribution in [3.8, 4) is 0 Å². The van der Waals surface area contributed by atoms with E-state index in [1.807, 2.05) is 24.3 Å². The molecule has 0 spiro atoms. The fraction of sp³-hybridized carbons (Fsp3) is 0.154. The van der Waals surface area contributed by atoms with E-state index in [0.29, 0.717) is 5.92 Å². The van der Waals surface area contributed by atoms with E-state index in [1.165, 1.54) is 11.6 Å². The van der Waals surface area contributed by atoms with Crippen molar-refractivity contribution in [2.75, 3.05) is 0 Å². The van der Waals surface area contributed by atoms with Crippen LogP contribution in [0, 0.1) is 0 Å². The minimum atomic E-state index is 0.0668. The first-order valence-corrected chi connectivity index (χ1v) is 4.73. The van der Waals surface area contributed by atoms with Crippen molar-refractivity contribution in [1.29, 1.82) is 0 Å². The minimum Gasteiger partial charge on any atom is -0.290 e. The topological polar surface area (TPSA) is 17.1 Å². The number of ketones is 1. The molecule has 1 aromatic carbocycles. The molecule has 1 atom stereocenters. The fourth-order valence-electron chi connectivity index (χ4n) is 1.67. The quantitative estimate of drug-likeness (QED) is 0.660. The zero-order valence-electron chi connectivity index (χ0n) is 7.94. The second-order valence-corrected chi connectivity index (χ2v) is 3.48. The van der Waals surface area contributed by atoms with Crippen LogP contribution in [0.3, 0.4) is 0 Å². The van der Waals surface area contributed by atoms with Crippen molar-refractivity contribution in [2.24, 2.45) is 0 Å². The number of benzene rings is 1. The Balaban J connectivity index is 2.11. The Kier molecular flexibility index (Phi) is 2.32. The molecule has 70 valence electrons. The minimum absolute atomic E-state index is 0.0668. The molecule has 1 heteroatoms. The second-order valence-electron chi connectivity index (χ2n) is 3.48. The Bertz CT molecular complexity index is 387. The number of allylic oxidation sites excluding steroid dienone is 3. The van der Waals surface area contributed by atoms with Gasteiger partial charge in [-0.3, -0.25) is 4.79 Å². The summed E-state index contributed by atoms with van der Waals surface area (Å²) in [6, 6.07) is 10.2. The van der Waals surface area contributed by atoms with Crippen LogP contribution in [0.25, 0.3) is 0 Å². The van der Waals surface area contributed by atoms with Crippen molar-refractivity contribution >= 4 is 5.78 Å². The van der Waals surface area contributed by atoms with Crippen LogP contribution in [0.1, 0.15) is 17.9 Å². The van der Waals surface area contributed by atoms with Gasteiger partial charge in [-0.25, -0.2) is 0 Å². The smallest absolute Gasteiger partial charge is 0.180 e. The van der Waals surface area contributed by atoms with Crippen LogP contribution in [-0.4, -0.2) is 5.78 Å². The standard InChI is InChI=1S/C13H12O/c1-2-13(14)12-8-11(9-12)10-6-4-3-5-7-10/h2-8,11H,1,9H2. The molecule has 14 heavy (non-hydrogen) atoms. The lowest BCUT2D eigenvalue weighted by atomic mass is 9.80. The molecule has 0 saturated carbocycles. The first kappa shape index (κ1) is 8.95. The van der Waals surface area contributed by atoms with Crippen LogP contribution in [0.4, 0.5) is 0 Å². The van der Waals surface area contributed by atoms with Gasteiger partial charge in [-0.15, -0.1) is 0 Å². The monoisotopic (exact) mass is 184 g/mol. The summed E-state index contributed by atoms with van der Waals surface area (Å²) in [5.74, 6) is 0.493. The van der Waals surface area contributed by atoms with Crippen molar-refractivity contribution in [3.63, 3.8) is 0 Å². The molecule has 0 N–H and O–H groups in total. The highest BCUT2D eigenvalue weighted by Crippen LogP contribution is 2.35. The van der Waals surface area contributed by atoms with E-state index in [9.17, 15) is 4.79 Å². The number of carbonyl (C=O) groups is 1. The van der Waals surface area contributed by atoms with E-state index in [1.54, 1.807) is 0 Å². The van der Waals surface area contributed by atoms with Crippen LogP contribution >= 0.6 is 0 Å². The number of rotatable bonds is 3. The molecule has 1 aliphatic carbocycles. The van der Waals surface area contributed by atoms with Crippen molar-refractivity contribution in [1.82, 2.24) is 0 Å². The molecule has 0 heterocycles. The van der Waals surface area contributed by atoms with Crippen LogP contribution < -0.4 is 0 Å². The molecule has 1 unspecified atom stereocenters. The maximum Gasteiger partial charge on any atom is 0.180 e. The fourth-order valence-corrected chi connectivity index (χ4v) is 1.67. The largest absolute Gasteiger partial charge is 0.290 e. The molecule has 0 saturated heterocycles. The Morgan fingerprint density at radius 3 is 2.57 bits per heavy atom. The van der Waals surface area contributed by atoms with E-state index >= 15 is 0 Å². The van der Waals surface area contributed by atoms with Crippen LogP contribution in [0.15, 0.2) is 54.6 Å². The summed E-state index contributed by atoms with van der Waals surface area (Å²) in [6.45, 7) is 3.47. The number of hydrogen-bond acceptors (Lipinski definition) is 1. The SMILES string of the molecule is C=CC(=O)C1=CC(c2ccccc2)C1. The van der Waals surface area contributed by atoms with Gasteiger partial charge in [0.05, 0.1) is 0 Å². The van der Waals surface area contributed by atoms with Gasteiger partial charge >= 0.3 is 0 Å². The molecular weight excluding hydrogens is 172 g/mol. The third kappa shape index (κ3) is 1.53. The number of hydrogen-bond donors (Lipinski definition) is 0. The highest BCUT2D eigenvalue weighted by molar-refractivity contribution is 6.04. The first-order valence-electron chi connectivity index (χ1n) is 4.73. The molecule has 0 aromatic heterocycles. The van der Waals surface area contributed by atoms with E-state index in [-0.39, 0.29) is 5.78 Å². The Labute approximate surface area is 83.8 Å². The van der Waals surface area contributed by atoms with Gasteiger partial charge in [0, 0.05) is 5.92 Å². The van der Waals surface area contributed by atoms with Gasteiger partial charge < -0.3 is 0 Å². The van der Waals surface area contributed by atoms with E-state index in [2.05, 4.69) is 18.7 Å². The maximum absolute atomic E-state index is 11.2. The van der Waals surface area contributed by atoms with Crippen LogP contribution in [-0.2, 0) is 4.79 Å². The molecule has 0 amide bonds. The summed E-state index contributed by atoms with van der Waals surface area (Å²) in [7, 11) is 0. The zero-order chi connectivity index (χ0) is 9.97. The second kappa shape index (κ2) is 3.62. The highest BCUT2D eigenvalue weighted by atomic mass is 16.1. The lowest BCUT2D eigenvalue weighted by Gasteiger charge is -2.24. The third-order valence-corrected chi connectivity index (χ3v) is 2.57. The molecule has 1 aromatic rings. The van der Waals surface area contributed by atoms with Gasteiger partial charge in [0.1, 0.15) is 0 Å². The van der Waals surface area contributed by atoms with Gasteiger partial charge in [0.25, 0.3) is 0 Å². The lowest BCUT2D eigenvalue weighted by molar-refractivity contribution is -0.111. The Morgan fingerprint density at radius 2 is 2.00 bits per heavy atom. The van der Waals surface area contributed by atoms with Crippen molar-refractivity contribution in [2.45, 2.75) is 12.3 Å². The molecule has 2 rings (SSSR count). The summed E-state index contributed by atoms with van der Waals surface area (Å²) in [5, 5.41) is 0. The van der Waals surface area contributed by atoms with Gasteiger partial charge in [0.15, 0.2) is 5.78 Å². The van der Waals surface area contributed by atoms with Gasteiger partial charge in [0.2, 0.25) is 0 Å². The predicted molar refractivity (Wildman–Crippen MR) is 57.1 cm³/mol. The van der Waals surface area contributed by atoms with E-state index in [0.717, 1.165) is 12.0 Å². The summed E-state index contributed by atoms with van der Waals surface area (Å²) in [6.07, 6.45) is 4.27. The van der Waals surface area contributed by atoms with E-state index in [4.69, 9.17) is 0 Å². The van der Waals surface area contributed by atoms with Gasteiger partial charge in [-0.2, -0.15) is 0 Å². The van der Waals surface area contributed by atoms with E-state index < -0.39 is 0 Å². The van der Waals surface area contributed by atoms with Crippen LogP contribution in [0.5, 0.6) is 0 Å². The average molecular weight is 184 g/mol. The van der Waals surface area contributed by atoms with Crippen LogP contribution in [0.2, 0.25) is 0 Å². The third-order valence-electron chi connectivity index (χ3n) is 2.57. The van der Waals surface area contributed by atoms with Crippen molar-refractivity contribution < 1.29 is 4.79 Å². The maximum atomic E-state index is 11.2. The lowest BCUT2D eigenvalue weighted by Crippen LogP contribution is -2.14. The normalized spacial score (nSPS) is 19.4. The van der Waals surface area contributed by atoms with Gasteiger partial charge in [-0.1, -0.05) is 43.0 Å². The Morgan fingerprint density at radius 1 is 1.36 bits per heavy atom. The molecule has 0 fully saturated rings.